The highest BCUT2D eigenvalue weighted by molar-refractivity contribution is 6.30. The summed E-state index contributed by atoms with van der Waals surface area (Å²) >= 11 is 11.5. The van der Waals surface area contributed by atoms with E-state index in [0.29, 0.717) is 60.1 Å². The predicted octanol–water partition coefficient (Wildman–Crippen LogP) is 14.1. The lowest BCUT2D eigenvalue weighted by Crippen LogP contribution is -2.27. The van der Waals surface area contributed by atoms with E-state index in [1.165, 1.54) is 48.8 Å². The smallest absolute Gasteiger partial charge is 0.335 e. The highest BCUT2D eigenvalue weighted by Gasteiger charge is 2.41. The van der Waals surface area contributed by atoms with E-state index >= 15 is 17.6 Å². The molecule has 10 aromatic rings. The number of benzene rings is 4. The van der Waals surface area contributed by atoms with Crippen LogP contribution in [0.5, 0.6) is 11.8 Å². The molecule has 2 unspecified atom stereocenters. The number of imidazole rings is 2. The first-order valence-electron chi connectivity index (χ1n) is 27.4. The van der Waals surface area contributed by atoms with Gasteiger partial charge in [0.25, 0.3) is 0 Å². The summed E-state index contributed by atoms with van der Waals surface area (Å²) in [6.07, 6.45) is 2.47. The summed E-state index contributed by atoms with van der Waals surface area (Å²) in [6, 6.07) is 24.5. The number of carbonyl (C=O) groups is 2. The molecule has 2 fully saturated rings. The van der Waals surface area contributed by atoms with Gasteiger partial charge in [-0.1, -0.05) is 63.0 Å². The molecule has 8 heterocycles. The predicted molar refractivity (Wildman–Crippen MR) is 313 cm³/mol. The highest BCUT2D eigenvalue weighted by atomic mass is 35.5. The second kappa shape index (κ2) is 24.7. The van der Waals surface area contributed by atoms with E-state index in [-0.39, 0.29) is 127 Å². The molecule has 24 heteroatoms. The maximum atomic E-state index is 15.6. The minimum Gasteiger partial charge on any atom is -0.478 e. The molecule has 88 heavy (non-hydrogen) atoms. The van der Waals surface area contributed by atoms with Gasteiger partial charge in [0, 0.05) is 59.3 Å². The van der Waals surface area contributed by atoms with E-state index in [4.69, 9.17) is 52.1 Å². The monoisotopic (exact) mass is 1240 g/mol. The normalized spacial score (nSPS) is 16.0. The van der Waals surface area contributed by atoms with Crippen molar-refractivity contribution < 1.29 is 65.1 Å². The molecule has 0 bridgehead atoms. The number of nitrogens with zero attached hydrogens (tertiary/aromatic N) is 8. The molecule has 0 amide bonds. The summed E-state index contributed by atoms with van der Waals surface area (Å²) in [4.78, 5) is 49.1. The molecular formula is C64H52Cl2F6N8O8. The van der Waals surface area contributed by atoms with Gasteiger partial charge in [0.15, 0.2) is 0 Å². The van der Waals surface area contributed by atoms with Crippen LogP contribution in [-0.2, 0) is 35.5 Å². The molecule has 2 N–H and O–H groups in total. The summed E-state index contributed by atoms with van der Waals surface area (Å²) < 4.78 is 117. The topological polar surface area (TPSA) is 199 Å². The quantitative estimate of drug-likeness (QED) is 0.0866. The Kier molecular flexibility index (Phi) is 17.0. The largest absolute Gasteiger partial charge is 0.478 e. The van der Waals surface area contributed by atoms with E-state index in [0.717, 1.165) is 36.4 Å². The number of hydrogen-bond acceptors (Lipinski definition) is 12. The van der Waals surface area contributed by atoms with Crippen molar-refractivity contribution in [1.82, 2.24) is 39.0 Å². The molecule has 2 saturated heterocycles. The van der Waals surface area contributed by atoms with E-state index in [9.17, 15) is 28.6 Å². The SMILES string of the molecule is CC1(C)COCC1n1c(Cc2cc(F)c(-c3cccc(OCc4ncc(Cl)cc4F)n3)cc2F)nc2ccc(C(=O)O)cc21.CC1(C)COCC1n1c(Cc2cc(F)c(-c3cccc(OCc4ncc(Cl)cc4F)n3)cc2F)nc2ccc(C(=O)O)cc21. The average Bonchev–Trinajstić information content (AvgIpc) is 1.84. The van der Waals surface area contributed by atoms with Crippen molar-refractivity contribution in [1.29, 1.82) is 0 Å². The maximum absolute atomic E-state index is 15.6. The van der Waals surface area contributed by atoms with Crippen molar-refractivity contribution in [3.05, 3.63) is 212 Å². The van der Waals surface area contributed by atoms with Crippen LogP contribution in [0.25, 0.3) is 44.6 Å². The number of carboxylic acid groups (broad SMARTS) is 2. The molecule has 2 aliphatic heterocycles. The van der Waals surface area contributed by atoms with Crippen LogP contribution in [0.4, 0.5) is 26.3 Å². The lowest BCUT2D eigenvalue weighted by Gasteiger charge is -2.28. The van der Waals surface area contributed by atoms with Crippen LogP contribution in [-0.4, -0.2) is 87.6 Å². The Balaban J connectivity index is 0.000000182. The Morgan fingerprint density at radius 3 is 1.32 bits per heavy atom. The molecule has 16 nitrogen and oxygen atoms in total. The second-order valence-electron chi connectivity index (χ2n) is 22.5. The fraction of sp³-hybridized carbons (Fsp3) is 0.250. The van der Waals surface area contributed by atoms with Crippen LogP contribution < -0.4 is 9.47 Å². The van der Waals surface area contributed by atoms with Crippen LogP contribution in [0.15, 0.2) is 122 Å². The second-order valence-corrected chi connectivity index (χ2v) is 23.4. The maximum Gasteiger partial charge on any atom is 0.335 e. The molecule has 2 aliphatic rings. The number of ether oxygens (including phenoxy) is 4. The number of halogens is 8. The number of fused-ring (bicyclic) bond motifs is 2. The van der Waals surface area contributed by atoms with Crippen LogP contribution >= 0.6 is 23.2 Å². The molecule has 0 radical (unpaired) electrons. The zero-order chi connectivity index (χ0) is 62.3. The Morgan fingerprint density at radius 1 is 0.545 bits per heavy atom. The van der Waals surface area contributed by atoms with Crippen LogP contribution in [0.2, 0.25) is 10.0 Å². The molecule has 0 aliphatic carbocycles. The van der Waals surface area contributed by atoms with Crippen LogP contribution in [0.3, 0.4) is 0 Å². The number of aromatic nitrogens is 8. The number of pyridine rings is 4. The van der Waals surface area contributed by atoms with Gasteiger partial charge >= 0.3 is 11.9 Å². The zero-order valence-electron chi connectivity index (χ0n) is 47.3. The minimum absolute atomic E-state index is 0.0148. The molecule has 452 valence electrons. The van der Waals surface area contributed by atoms with E-state index in [1.54, 1.807) is 36.4 Å². The standard InChI is InChI=1S/2C32H26ClF3N4O4/c2*1-32(2)16-43-15-28(32)40-27-9-17(31(41)42)6-7-25(27)38-29(40)10-18-8-22(35)20(12-21(18)34)24-4-3-5-30(39-24)44-14-26-23(36)11-19(33)13-37-26/h2*3-9,11-13,28H,10,14-16H2,1-2H3,(H,41,42). The number of carboxylic acids is 2. The van der Waals surface area contributed by atoms with E-state index < -0.39 is 46.8 Å². The lowest BCUT2D eigenvalue weighted by molar-refractivity contribution is 0.0686. The third-order valence-corrected chi connectivity index (χ3v) is 15.8. The highest BCUT2D eigenvalue weighted by Crippen LogP contribution is 2.43. The van der Waals surface area contributed by atoms with Crippen molar-refractivity contribution in [3.63, 3.8) is 0 Å². The average molecular weight is 1250 g/mol. The zero-order valence-corrected chi connectivity index (χ0v) is 48.8. The Hall–Kier alpha value is -8.96. The summed E-state index contributed by atoms with van der Waals surface area (Å²) in [7, 11) is 0. The van der Waals surface area contributed by atoms with Gasteiger partial charge in [-0.2, -0.15) is 0 Å². The van der Waals surface area contributed by atoms with Gasteiger partial charge in [0.2, 0.25) is 11.8 Å². The van der Waals surface area contributed by atoms with Crippen molar-refractivity contribution in [2.45, 2.75) is 65.8 Å². The van der Waals surface area contributed by atoms with Crippen LogP contribution in [0.1, 0.15) is 94.7 Å². The Bertz CT molecular complexity index is 4100. The van der Waals surface area contributed by atoms with Gasteiger partial charge < -0.3 is 38.3 Å². The van der Waals surface area contributed by atoms with Gasteiger partial charge in [-0.3, -0.25) is 9.97 Å². The van der Waals surface area contributed by atoms with E-state index in [2.05, 4.69) is 19.9 Å². The lowest BCUT2D eigenvalue weighted by atomic mass is 9.87. The first-order valence-corrected chi connectivity index (χ1v) is 28.2. The first-order chi connectivity index (χ1) is 42.0. The molecule has 2 atom stereocenters. The van der Waals surface area contributed by atoms with Crippen molar-refractivity contribution >= 4 is 57.2 Å². The summed E-state index contributed by atoms with van der Waals surface area (Å²) in [5.41, 5.74) is 2.02. The van der Waals surface area contributed by atoms with Gasteiger partial charge in [-0.05, 0) is 96.1 Å². The van der Waals surface area contributed by atoms with Gasteiger partial charge in [-0.15, -0.1) is 0 Å². The fourth-order valence-corrected chi connectivity index (χ4v) is 11.0. The van der Waals surface area contributed by atoms with Gasteiger partial charge in [0.1, 0.15) is 71.2 Å². The molecule has 0 spiro atoms. The fourth-order valence-electron chi connectivity index (χ4n) is 10.7. The first kappa shape index (κ1) is 60.7. The van der Waals surface area contributed by atoms with Crippen molar-refractivity contribution in [3.8, 4) is 34.3 Å². The van der Waals surface area contributed by atoms with Gasteiger partial charge in [0.05, 0.1) is 93.1 Å². The molecule has 0 saturated carbocycles. The minimum atomic E-state index is -1.08. The van der Waals surface area contributed by atoms with E-state index in [1.807, 2.05) is 36.8 Å². The van der Waals surface area contributed by atoms with Crippen LogP contribution in [0, 0.1) is 45.7 Å². The number of rotatable bonds is 16. The number of hydrogen-bond donors (Lipinski definition) is 2. The Morgan fingerprint density at radius 2 is 0.955 bits per heavy atom. The molecule has 6 aromatic heterocycles. The summed E-state index contributed by atoms with van der Waals surface area (Å²) in [5, 5.41) is 19.4. The third kappa shape index (κ3) is 12.7. The molecular weight excluding hydrogens is 1190 g/mol. The van der Waals surface area contributed by atoms with Crippen molar-refractivity contribution in [2.24, 2.45) is 10.8 Å². The third-order valence-electron chi connectivity index (χ3n) is 15.4. The van der Waals surface area contributed by atoms with Gasteiger partial charge in [-0.25, -0.2) is 55.9 Å². The molecule has 12 rings (SSSR count). The van der Waals surface area contributed by atoms with Crippen molar-refractivity contribution in [2.75, 3.05) is 26.4 Å². The summed E-state index contributed by atoms with van der Waals surface area (Å²) in [5.74, 6) is -5.17. The molecule has 4 aromatic carbocycles. The Labute approximate surface area is 508 Å². The summed E-state index contributed by atoms with van der Waals surface area (Å²) in [6.45, 7) is 9.33. The number of aromatic carboxylic acids is 2.